The topological polar surface area (TPSA) is 78.9 Å². The molecule has 0 aromatic carbocycles. The fraction of sp³-hybridized carbons (Fsp3) is 0.712. The van der Waals surface area contributed by atoms with Crippen molar-refractivity contribution in [2.45, 2.75) is 258 Å². The Balaban J connectivity index is 4.46. The molecule has 0 spiro atoms. The van der Waals surface area contributed by atoms with Gasteiger partial charge in [0.05, 0.1) is 0 Å². The zero-order valence-electron chi connectivity index (χ0n) is 42.5. The van der Waals surface area contributed by atoms with Crippen LogP contribution in [0.4, 0.5) is 0 Å². The van der Waals surface area contributed by atoms with Gasteiger partial charge < -0.3 is 14.2 Å². The highest BCUT2D eigenvalue weighted by atomic mass is 16.6. The summed E-state index contributed by atoms with van der Waals surface area (Å²) in [5, 5.41) is 0. The summed E-state index contributed by atoms with van der Waals surface area (Å²) in [6.45, 7) is 6.46. The summed E-state index contributed by atoms with van der Waals surface area (Å²) in [4.78, 5) is 38.0. The van der Waals surface area contributed by atoms with Gasteiger partial charge in [0.1, 0.15) is 13.2 Å². The van der Waals surface area contributed by atoms with Crippen LogP contribution in [-0.2, 0) is 28.6 Å². The fourth-order valence-electron chi connectivity index (χ4n) is 7.28. The summed E-state index contributed by atoms with van der Waals surface area (Å²) in [5.74, 6) is -0.943. The number of rotatable bonds is 48. The zero-order chi connectivity index (χ0) is 47.2. The van der Waals surface area contributed by atoms with Crippen molar-refractivity contribution in [1.29, 1.82) is 0 Å². The van der Waals surface area contributed by atoms with Crippen LogP contribution < -0.4 is 0 Å². The van der Waals surface area contributed by atoms with Gasteiger partial charge in [-0.2, -0.15) is 0 Å². The largest absolute Gasteiger partial charge is 0.462 e. The molecule has 0 aliphatic carbocycles. The van der Waals surface area contributed by atoms with Gasteiger partial charge in [0.2, 0.25) is 0 Å². The van der Waals surface area contributed by atoms with Crippen LogP contribution in [0.15, 0.2) is 85.1 Å². The number of carbonyl (C=O) groups excluding carboxylic acids is 3. The highest BCUT2D eigenvalue weighted by Gasteiger charge is 2.19. The Morgan fingerprint density at radius 2 is 0.600 bits per heavy atom. The molecule has 0 amide bonds. The Morgan fingerprint density at radius 1 is 0.323 bits per heavy atom. The van der Waals surface area contributed by atoms with Crippen LogP contribution in [0.2, 0.25) is 0 Å². The Hall–Kier alpha value is -3.41. The summed E-state index contributed by atoms with van der Waals surface area (Å²) in [6, 6.07) is 0. The summed E-state index contributed by atoms with van der Waals surface area (Å²) in [7, 11) is 0. The van der Waals surface area contributed by atoms with E-state index in [1.54, 1.807) is 0 Å². The molecular weight excluding hydrogens is 805 g/mol. The maximum atomic E-state index is 12.8. The van der Waals surface area contributed by atoms with Crippen LogP contribution in [0.1, 0.15) is 252 Å². The van der Waals surface area contributed by atoms with Gasteiger partial charge in [-0.3, -0.25) is 14.4 Å². The molecule has 1 atom stereocenters. The summed E-state index contributed by atoms with van der Waals surface area (Å²) >= 11 is 0. The minimum Gasteiger partial charge on any atom is -0.462 e. The van der Waals surface area contributed by atoms with Crippen molar-refractivity contribution in [1.82, 2.24) is 0 Å². The van der Waals surface area contributed by atoms with E-state index in [1.165, 1.54) is 96.3 Å². The van der Waals surface area contributed by atoms with E-state index in [-0.39, 0.29) is 31.1 Å². The van der Waals surface area contributed by atoms with Gasteiger partial charge in [-0.1, -0.05) is 202 Å². The van der Waals surface area contributed by atoms with E-state index < -0.39 is 6.10 Å². The first-order valence-corrected chi connectivity index (χ1v) is 27.1. The van der Waals surface area contributed by atoms with E-state index in [4.69, 9.17) is 14.2 Å². The maximum absolute atomic E-state index is 12.8. The number of allylic oxidation sites excluding steroid dienone is 14. The normalized spacial score (nSPS) is 12.7. The summed E-state index contributed by atoms with van der Waals surface area (Å²) < 4.78 is 16.8. The van der Waals surface area contributed by atoms with Crippen molar-refractivity contribution in [2.24, 2.45) is 0 Å². The molecule has 372 valence electrons. The Kier molecular flexibility index (Phi) is 50.4. The molecule has 0 aromatic rings. The first-order valence-electron chi connectivity index (χ1n) is 27.1. The molecule has 0 bridgehead atoms. The minimum atomic E-state index is -0.798. The first kappa shape index (κ1) is 61.6. The van der Waals surface area contributed by atoms with Gasteiger partial charge in [0, 0.05) is 19.3 Å². The molecule has 0 radical (unpaired) electrons. The lowest BCUT2D eigenvalue weighted by molar-refractivity contribution is -0.167. The third kappa shape index (κ3) is 51.4. The van der Waals surface area contributed by atoms with Gasteiger partial charge in [-0.15, -0.1) is 0 Å². The Morgan fingerprint density at radius 3 is 0.969 bits per heavy atom. The molecule has 0 aromatic heterocycles. The van der Waals surface area contributed by atoms with Crippen molar-refractivity contribution in [3.05, 3.63) is 85.1 Å². The molecule has 1 unspecified atom stereocenters. The second-order valence-corrected chi connectivity index (χ2v) is 17.7. The molecule has 0 heterocycles. The summed E-state index contributed by atoms with van der Waals surface area (Å²) in [5.41, 5.74) is 0. The van der Waals surface area contributed by atoms with Crippen LogP contribution in [-0.4, -0.2) is 37.2 Å². The van der Waals surface area contributed by atoms with E-state index >= 15 is 0 Å². The standard InChI is InChI=1S/C59H100O6/c1-4-7-10-13-16-19-22-25-28-29-30-31-32-35-37-40-43-46-49-52-58(61)64-55-56(65-59(62)53-50-47-44-41-38-34-27-24-21-18-15-12-9-6-3)54-63-57(60)51-48-45-42-39-36-33-26-23-20-17-14-11-8-5-2/h7,10,16,19,23-28,30-31,35,37,56H,4-6,8-9,11-15,17-18,20-22,29,32-34,36,38-55H2,1-3H3/b10-7-,19-16-,26-23-,27-24-,28-25-,31-30-,37-35-. The van der Waals surface area contributed by atoms with Gasteiger partial charge in [0.15, 0.2) is 6.10 Å². The number of hydrogen-bond donors (Lipinski definition) is 0. The number of unbranched alkanes of at least 4 members (excludes halogenated alkanes) is 23. The van der Waals surface area contributed by atoms with Crippen LogP contribution in [0.5, 0.6) is 0 Å². The second-order valence-electron chi connectivity index (χ2n) is 17.7. The van der Waals surface area contributed by atoms with E-state index in [2.05, 4.69) is 106 Å². The fourth-order valence-corrected chi connectivity index (χ4v) is 7.28. The van der Waals surface area contributed by atoms with Crippen LogP contribution in [0.3, 0.4) is 0 Å². The molecule has 6 nitrogen and oxygen atoms in total. The zero-order valence-corrected chi connectivity index (χ0v) is 42.5. The minimum absolute atomic E-state index is 0.0949. The van der Waals surface area contributed by atoms with Crippen molar-refractivity contribution in [2.75, 3.05) is 13.2 Å². The lowest BCUT2D eigenvalue weighted by Crippen LogP contribution is -2.30. The highest BCUT2D eigenvalue weighted by molar-refractivity contribution is 5.71. The van der Waals surface area contributed by atoms with Gasteiger partial charge in [-0.25, -0.2) is 0 Å². The predicted molar refractivity (Wildman–Crippen MR) is 279 cm³/mol. The first-order chi connectivity index (χ1) is 32.0. The molecule has 0 rings (SSSR count). The Bertz CT molecular complexity index is 1270. The van der Waals surface area contributed by atoms with Gasteiger partial charge in [-0.05, 0) is 116 Å². The van der Waals surface area contributed by atoms with Crippen molar-refractivity contribution in [3.8, 4) is 0 Å². The van der Waals surface area contributed by atoms with Crippen LogP contribution in [0.25, 0.3) is 0 Å². The van der Waals surface area contributed by atoms with E-state index in [0.29, 0.717) is 19.3 Å². The molecule has 0 saturated carbocycles. The predicted octanol–water partition coefficient (Wildman–Crippen LogP) is 18.0. The number of carbonyl (C=O) groups is 3. The Labute approximate surface area is 401 Å². The molecule has 0 fully saturated rings. The van der Waals surface area contributed by atoms with E-state index in [1.807, 2.05) is 0 Å². The van der Waals surface area contributed by atoms with Gasteiger partial charge in [0.25, 0.3) is 0 Å². The maximum Gasteiger partial charge on any atom is 0.306 e. The van der Waals surface area contributed by atoms with Crippen LogP contribution >= 0.6 is 0 Å². The second kappa shape index (κ2) is 53.2. The number of hydrogen-bond acceptors (Lipinski definition) is 6. The smallest absolute Gasteiger partial charge is 0.306 e. The number of ether oxygens (including phenoxy) is 3. The quantitative estimate of drug-likeness (QED) is 0.0262. The molecule has 0 N–H and O–H groups in total. The molecule has 0 saturated heterocycles. The molecule has 6 heteroatoms. The lowest BCUT2D eigenvalue weighted by Gasteiger charge is -2.18. The lowest BCUT2D eigenvalue weighted by atomic mass is 10.1. The SMILES string of the molecule is CC/C=C\C/C=C\C/C=C\C/C=C\C/C=C\CCCCCC(=O)OCC(COC(=O)CCCCCCC/C=C\CCCCCCC)OC(=O)CCCCCCC/C=C\CCCCCCC. The van der Waals surface area contributed by atoms with Gasteiger partial charge >= 0.3 is 17.9 Å². The summed E-state index contributed by atoms with van der Waals surface area (Å²) in [6.07, 6.45) is 68.5. The molecular formula is C59H100O6. The van der Waals surface area contributed by atoms with E-state index in [9.17, 15) is 14.4 Å². The van der Waals surface area contributed by atoms with Crippen molar-refractivity contribution in [3.63, 3.8) is 0 Å². The molecule has 0 aliphatic rings. The third-order valence-corrected chi connectivity index (χ3v) is 11.4. The monoisotopic (exact) mass is 905 g/mol. The van der Waals surface area contributed by atoms with E-state index in [0.717, 1.165) is 116 Å². The highest BCUT2D eigenvalue weighted by Crippen LogP contribution is 2.13. The van der Waals surface area contributed by atoms with Crippen molar-refractivity contribution >= 4 is 17.9 Å². The van der Waals surface area contributed by atoms with Crippen molar-refractivity contribution < 1.29 is 28.6 Å². The average Bonchev–Trinajstić information content (AvgIpc) is 3.30. The third-order valence-electron chi connectivity index (χ3n) is 11.4. The average molecular weight is 905 g/mol. The number of esters is 3. The molecule has 65 heavy (non-hydrogen) atoms. The van der Waals surface area contributed by atoms with Crippen LogP contribution in [0, 0.1) is 0 Å². The molecule has 0 aliphatic heterocycles.